The van der Waals surface area contributed by atoms with E-state index in [0.717, 1.165) is 0 Å². The standard InChI is InChI=1S/C7H11N3O/c1-5(2)10-4-3-6(8)9-7(10)11/h3-5H,1-2H3,(H2,8,9,11). The highest BCUT2D eigenvalue weighted by atomic mass is 16.1. The highest BCUT2D eigenvalue weighted by Gasteiger charge is 1.99. The minimum absolute atomic E-state index is 0.135. The van der Waals surface area contributed by atoms with Crippen molar-refractivity contribution in [2.24, 2.45) is 0 Å². The molecule has 1 heterocycles. The first-order chi connectivity index (χ1) is 5.11. The van der Waals surface area contributed by atoms with Crippen LogP contribution in [0.5, 0.6) is 0 Å². The van der Waals surface area contributed by atoms with Gasteiger partial charge < -0.3 is 5.73 Å². The summed E-state index contributed by atoms with van der Waals surface area (Å²) in [6.45, 7) is 3.83. The molecule has 1 aromatic rings. The van der Waals surface area contributed by atoms with E-state index < -0.39 is 0 Å². The summed E-state index contributed by atoms with van der Waals surface area (Å²) in [5, 5.41) is 0. The molecule has 0 spiro atoms. The first-order valence-corrected chi connectivity index (χ1v) is 3.46. The monoisotopic (exact) mass is 153 g/mol. The third-order valence-electron chi connectivity index (χ3n) is 1.41. The van der Waals surface area contributed by atoms with Crippen LogP contribution < -0.4 is 11.4 Å². The lowest BCUT2D eigenvalue weighted by Gasteiger charge is -2.07. The second-order valence-electron chi connectivity index (χ2n) is 2.64. The molecule has 60 valence electrons. The molecule has 0 radical (unpaired) electrons. The van der Waals surface area contributed by atoms with Gasteiger partial charge in [-0.15, -0.1) is 0 Å². The number of rotatable bonds is 1. The zero-order chi connectivity index (χ0) is 8.43. The van der Waals surface area contributed by atoms with Crippen LogP contribution in [0.15, 0.2) is 17.1 Å². The van der Waals surface area contributed by atoms with Crippen molar-refractivity contribution in [1.29, 1.82) is 0 Å². The molecule has 0 amide bonds. The molecule has 1 aromatic heterocycles. The first-order valence-electron chi connectivity index (χ1n) is 3.46. The lowest BCUT2D eigenvalue weighted by molar-refractivity contribution is 0.565. The lowest BCUT2D eigenvalue weighted by Crippen LogP contribution is -2.24. The quantitative estimate of drug-likeness (QED) is 0.635. The second-order valence-corrected chi connectivity index (χ2v) is 2.64. The molecule has 1 rings (SSSR count). The molecule has 0 saturated carbocycles. The summed E-state index contributed by atoms with van der Waals surface area (Å²) in [6.07, 6.45) is 1.65. The molecule has 2 N–H and O–H groups in total. The van der Waals surface area contributed by atoms with Crippen molar-refractivity contribution in [2.45, 2.75) is 19.9 Å². The summed E-state index contributed by atoms with van der Waals surface area (Å²) < 4.78 is 1.52. The minimum Gasteiger partial charge on any atom is -0.383 e. The van der Waals surface area contributed by atoms with Gasteiger partial charge in [0.1, 0.15) is 5.82 Å². The Morgan fingerprint density at radius 3 is 2.73 bits per heavy atom. The maximum absolute atomic E-state index is 11.1. The van der Waals surface area contributed by atoms with E-state index in [1.807, 2.05) is 13.8 Å². The molecule has 0 aliphatic heterocycles. The van der Waals surface area contributed by atoms with Gasteiger partial charge in [0.05, 0.1) is 0 Å². The van der Waals surface area contributed by atoms with E-state index in [9.17, 15) is 4.79 Å². The van der Waals surface area contributed by atoms with Crippen molar-refractivity contribution in [3.63, 3.8) is 0 Å². The van der Waals surface area contributed by atoms with Gasteiger partial charge in [0.2, 0.25) is 0 Å². The van der Waals surface area contributed by atoms with Gasteiger partial charge in [-0.05, 0) is 19.9 Å². The maximum atomic E-state index is 11.1. The molecule has 0 atom stereocenters. The number of anilines is 1. The fourth-order valence-corrected chi connectivity index (χ4v) is 0.819. The highest BCUT2D eigenvalue weighted by Crippen LogP contribution is 1.98. The SMILES string of the molecule is CC(C)n1ccc(N)nc1=O. The molecule has 0 bridgehead atoms. The third-order valence-corrected chi connectivity index (χ3v) is 1.41. The van der Waals surface area contributed by atoms with Crippen LogP contribution in [-0.2, 0) is 0 Å². The topological polar surface area (TPSA) is 60.9 Å². The molecular weight excluding hydrogens is 142 g/mol. The minimum atomic E-state index is -0.292. The van der Waals surface area contributed by atoms with Crippen molar-refractivity contribution in [3.05, 3.63) is 22.7 Å². The van der Waals surface area contributed by atoms with Gasteiger partial charge in [-0.25, -0.2) is 4.79 Å². The van der Waals surface area contributed by atoms with Gasteiger partial charge in [-0.2, -0.15) is 4.98 Å². The van der Waals surface area contributed by atoms with Crippen molar-refractivity contribution in [3.8, 4) is 0 Å². The number of nitrogen functional groups attached to an aromatic ring is 1. The predicted molar refractivity (Wildman–Crippen MR) is 43.3 cm³/mol. The molecule has 11 heavy (non-hydrogen) atoms. The zero-order valence-corrected chi connectivity index (χ0v) is 6.61. The van der Waals surface area contributed by atoms with Crippen LogP contribution in [0.1, 0.15) is 19.9 Å². The highest BCUT2D eigenvalue weighted by molar-refractivity contribution is 5.23. The van der Waals surface area contributed by atoms with E-state index in [1.165, 1.54) is 4.57 Å². The van der Waals surface area contributed by atoms with E-state index >= 15 is 0 Å². The van der Waals surface area contributed by atoms with Gasteiger partial charge in [0.15, 0.2) is 0 Å². The van der Waals surface area contributed by atoms with E-state index in [0.29, 0.717) is 0 Å². The van der Waals surface area contributed by atoms with E-state index in [2.05, 4.69) is 4.98 Å². The largest absolute Gasteiger partial charge is 0.383 e. The molecule has 0 unspecified atom stereocenters. The van der Waals surface area contributed by atoms with Gasteiger partial charge >= 0.3 is 5.69 Å². The Labute approximate surface area is 64.7 Å². The Hall–Kier alpha value is -1.32. The molecule has 0 aliphatic carbocycles. The summed E-state index contributed by atoms with van der Waals surface area (Å²) in [5.41, 5.74) is 5.01. The van der Waals surface area contributed by atoms with Gasteiger partial charge in [-0.1, -0.05) is 0 Å². The van der Waals surface area contributed by atoms with Crippen molar-refractivity contribution in [2.75, 3.05) is 5.73 Å². The smallest absolute Gasteiger partial charge is 0.349 e. The van der Waals surface area contributed by atoms with E-state index in [-0.39, 0.29) is 17.5 Å². The normalized spacial score (nSPS) is 10.5. The zero-order valence-electron chi connectivity index (χ0n) is 6.61. The first kappa shape index (κ1) is 7.78. The van der Waals surface area contributed by atoms with Crippen LogP contribution in [-0.4, -0.2) is 9.55 Å². The molecule has 0 aromatic carbocycles. The molecule has 4 nitrogen and oxygen atoms in total. The van der Waals surface area contributed by atoms with Crippen LogP contribution in [0.3, 0.4) is 0 Å². The molecule has 4 heteroatoms. The number of aromatic nitrogens is 2. The van der Waals surface area contributed by atoms with Crippen LogP contribution in [0.2, 0.25) is 0 Å². The summed E-state index contributed by atoms with van der Waals surface area (Å²) >= 11 is 0. The number of nitrogens with two attached hydrogens (primary N) is 1. The van der Waals surface area contributed by atoms with Gasteiger partial charge in [0, 0.05) is 12.2 Å². The van der Waals surface area contributed by atoms with Crippen LogP contribution >= 0.6 is 0 Å². The Morgan fingerprint density at radius 2 is 2.27 bits per heavy atom. The Kier molecular flexibility index (Phi) is 1.94. The van der Waals surface area contributed by atoms with Crippen molar-refractivity contribution < 1.29 is 0 Å². The molecular formula is C7H11N3O. The van der Waals surface area contributed by atoms with Crippen LogP contribution in [0, 0.1) is 0 Å². The average molecular weight is 153 g/mol. The maximum Gasteiger partial charge on any atom is 0.349 e. The number of hydrogen-bond acceptors (Lipinski definition) is 3. The average Bonchev–Trinajstić information content (AvgIpc) is 1.85. The Morgan fingerprint density at radius 1 is 1.64 bits per heavy atom. The second kappa shape index (κ2) is 2.74. The van der Waals surface area contributed by atoms with Crippen molar-refractivity contribution >= 4 is 5.82 Å². The number of nitrogens with zero attached hydrogens (tertiary/aromatic N) is 2. The summed E-state index contributed by atoms with van der Waals surface area (Å²) in [4.78, 5) is 14.6. The number of hydrogen-bond donors (Lipinski definition) is 1. The lowest BCUT2D eigenvalue weighted by atomic mass is 10.4. The third kappa shape index (κ3) is 1.58. The Bertz CT molecular complexity index is 303. The molecule has 0 aliphatic rings. The predicted octanol–water partition coefficient (Wildman–Crippen LogP) is 0.406. The van der Waals surface area contributed by atoms with E-state index in [4.69, 9.17) is 5.73 Å². The molecule has 0 fully saturated rings. The molecule has 0 saturated heterocycles. The van der Waals surface area contributed by atoms with E-state index in [1.54, 1.807) is 12.3 Å². The van der Waals surface area contributed by atoms with Gasteiger partial charge in [-0.3, -0.25) is 4.57 Å². The fraction of sp³-hybridized carbons (Fsp3) is 0.429. The fourth-order valence-electron chi connectivity index (χ4n) is 0.819. The van der Waals surface area contributed by atoms with Crippen LogP contribution in [0.4, 0.5) is 5.82 Å². The Balaban J connectivity index is 3.21. The van der Waals surface area contributed by atoms with Crippen LogP contribution in [0.25, 0.3) is 0 Å². The van der Waals surface area contributed by atoms with Gasteiger partial charge in [0.25, 0.3) is 0 Å². The van der Waals surface area contributed by atoms with Crippen molar-refractivity contribution in [1.82, 2.24) is 9.55 Å². The summed E-state index contributed by atoms with van der Waals surface area (Å²) in [7, 11) is 0. The summed E-state index contributed by atoms with van der Waals surface area (Å²) in [5.74, 6) is 0.270. The summed E-state index contributed by atoms with van der Waals surface area (Å²) in [6, 6.07) is 1.75.